The van der Waals surface area contributed by atoms with Gasteiger partial charge >= 0.3 is 0 Å². The Balaban J connectivity index is 1.40. The van der Waals surface area contributed by atoms with Crippen molar-refractivity contribution < 1.29 is 4.79 Å². The molecule has 156 valence electrons. The molecule has 1 unspecified atom stereocenters. The van der Waals surface area contributed by atoms with Gasteiger partial charge in [0.05, 0.1) is 17.2 Å². The number of nitrogens with zero attached hydrogens (tertiary/aromatic N) is 2. The second-order valence-electron chi connectivity index (χ2n) is 7.24. The number of nitrogens with one attached hydrogen (secondary N) is 2. The number of hydrogen-bond acceptors (Lipinski definition) is 4. The number of carbonyl (C=O) groups is 1. The van der Waals surface area contributed by atoms with E-state index >= 15 is 0 Å². The van der Waals surface area contributed by atoms with Gasteiger partial charge in [-0.3, -0.25) is 14.2 Å². The predicted molar refractivity (Wildman–Crippen MR) is 127 cm³/mol. The van der Waals surface area contributed by atoms with Gasteiger partial charge in [-0.15, -0.1) is 0 Å². The fourth-order valence-electron chi connectivity index (χ4n) is 3.32. The molecular formula is C24H21BrN4O2. The number of aromatic nitrogens is 2. The predicted octanol–water partition coefficient (Wildman–Crippen LogP) is 4.97. The second kappa shape index (κ2) is 9.14. The molecule has 0 saturated heterocycles. The monoisotopic (exact) mass is 476 g/mol. The number of halogens is 1. The van der Waals surface area contributed by atoms with Crippen molar-refractivity contribution >= 4 is 44.1 Å². The van der Waals surface area contributed by atoms with Gasteiger partial charge in [0.1, 0.15) is 6.54 Å². The molecular weight excluding hydrogens is 456 g/mol. The topological polar surface area (TPSA) is 76.0 Å². The van der Waals surface area contributed by atoms with Crippen LogP contribution in [0, 0.1) is 0 Å². The maximum atomic E-state index is 12.6. The van der Waals surface area contributed by atoms with Crippen molar-refractivity contribution in [1.82, 2.24) is 9.55 Å². The first-order valence-electron chi connectivity index (χ1n) is 9.86. The summed E-state index contributed by atoms with van der Waals surface area (Å²) < 4.78 is 2.10. The number of carbonyl (C=O) groups excluding carboxylic acids is 1. The lowest BCUT2D eigenvalue weighted by molar-refractivity contribution is -0.116. The van der Waals surface area contributed by atoms with Gasteiger partial charge in [0, 0.05) is 21.9 Å². The van der Waals surface area contributed by atoms with E-state index in [1.807, 2.05) is 48.5 Å². The molecule has 3 aromatic carbocycles. The van der Waals surface area contributed by atoms with E-state index in [0.717, 1.165) is 10.2 Å². The van der Waals surface area contributed by atoms with Crippen LogP contribution in [0.4, 0.5) is 11.4 Å². The van der Waals surface area contributed by atoms with E-state index in [1.165, 1.54) is 16.5 Å². The van der Waals surface area contributed by atoms with Gasteiger partial charge in [-0.2, -0.15) is 0 Å². The molecule has 0 bridgehead atoms. The first-order chi connectivity index (χ1) is 15.0. The summed E-state index contributed by atoms with van der Waals surface area (Å²) in [4.78, 5) is 29.4. The quantitative estimate of drug-likeness (QED) is 0.411. The summed E-state index contributed by atoms with van der Waals surface area (Å²) in [6.45, 7) is 1.98. The molecule has 2 N–H and O–H groups in total. The largest absolute Gasteiger partial charge is 0.379 e. The van der Waals surface area contributed by atoms with Crippen molar-refractivity contribution in [3.05, 3.63) is 99.5 Å². The highest BCUT2D eigenvalue weighted by atomic mass is 79.9. The fraction of sp³-hybridized carbons (Fsp3) is 0.125. The van der Waals surface area contributed by atoms with Crippen LogP contribution in [0.5, 0.6) is 0 Å². The van der Waals surface area contributed by atoms with Crippen LogP contribution in [0.3, 0.4) is 0 Å². The Morgan fingerprint density at radius 3 is 2.48 bits per heavy atom. The molecule has 1 atom stereocenters. The molecule has 0 spiro atoms. The third-order valence-corrected chi connectivity index (χ3v) is 5.44. The van der Waals surface area contributed by atoms with Crippen molar-refractivity contribution in [3.8, 4) is 0 Å². The van der Waals surface area contributed by atoms with E-state index < -0.39 is 0 Å². The molecule has 1 amide bonds. The van der Waals surface area contributed by atoms with Crippen molar-refractivity contribution in [2.24, 2.45) is 0 Å². The van der Waals surface area contributed by atoms with Crippen LogP contribution in [-0.2, 0) is 11.3 Å². The molecule has 0 radical (unpaired) electrons. The van der Waals surface area contributed by atoms with Crippen LogP contribution >= 0.6 is 15.9 Å². The maximum Gasteiger partial charge on any atom is 0.261 e. The van der Waals surface area contributed by atoms with E-state index in [1.54, 1.807) is 12.1 Å². The van der Waals surface area contributed by atoms with Gasteiger partial charge < -0.3 is 10.6 Å². The van der Waals surface area contributed by atoms with Gasteiger partial charge in [-0.1, -0.05) is 46.3 Å². The van der Waals surface area contributed by atoms with Crippen LogP contribution < -0.4 is 16.2 Å². The van der Waals surface area contributed by atoms with E-state index in [0.29, 0.717) is 16.6 Å². The maximum absolute atomic E-state index is 12.6. The highest BCUT2D eigenvalue weighted by Gasteiger charge is 2.10. The smallest absolute Gasteiger partial charge is 0.261 e. The third kappa shape index (κ3) is 5.00. The first-order valence-corrected chi connectivity index (χ1v) is 10.6. The van der Waals surface area contributed by atoms with Crippen molar-refractivity contribution in [2.45, 2.75) is 19.5 Å². The highest BCUT2D eigenvalue weighted by Crippen LogP contribution is 2.21. The van der Waals surface area contributed by atoms with E-state index in [2.05, 4.69) is 50.6 Å². The molecule has 0 aliphatic rings. The molecule has 1 aromatic heterocycles. The zero-order valence-electron chi connectivity index (χ0n) is 16.9. The number of fused-ring (bicyclic) bond motifs is 1. The lowest BCUT2D eigenvalue weighted by Gasteiger charge is -2.16. The van der Waals surface area contributed by atoms with Gasteiger partial charge in [0.2, 0.25) is 5.91 Å². The Bertz CT molecular complexity index is 1270. The molecule has 31 heavy (non-hydrogen) atoms. The molecule has 4 rings (SSSR count). The molecule has 0 saturated carbocycles. The summed E-state index contributed by atoms with van der Waals surface area (Å²) in [5.41, 5.74) is 3.15. The zero-order chi connectivity index (χ0) is 21.8. The first kappa shape index (κ1) is 20.8. The minimum absolute atomic E-state index is 0.112. The minimum Gasteiger partial charge on any atom is -0.379 e. The van der Waals surface area contributed by atoms with Crippen LogP contribution in [0.1, 0.15) is 18.5 Å². The Kier molecular flexibility index (Phi) is 6.13. The average molecular weight is 477 g/mol. The summed E-state index contributed by atoms with van der Waals surface area (Å²) >= 11 is 3.36. The molecule has 0 fully saturated rings. The Morgan fingerprint density at radius 2 is 1.74 bits per heavy atom. The van der Waals surface area contributed by atoms with Crippen molar-refractivity contribution in [3.63, 3.8) is 0 Å². The van der Waals surface area contributed by atoms with Gasteiger partial charge in [-0.05, 0) is 55.0 Å². The molecule has 4 aromatic rings. The molecule has 6 nitrogen and oxygen atoms in total. The normalized spacial score (nSPS) is 11.8. The highest BCUT2D eigenvalue weighted by molar-refractivity contribution is 9.10. The van der Waals surface area contributed by atoms with Crippen LogP contribution in [-0.4, -0.2) is 15.5 Å². The lowest BCUT2D eigenvalue weighted by Crippen LogP contribution is -2.27. The fourth-order valence-corrected chi connectivity index (χ4v) is 3.68. The Morgan fingerprint density at radius 1 is 1.03 bits per heavy atom. The van der Waals surface area contributed by atoms with Crippen molar-refractivity contribution in [2.75, 3.05) is 10.6 Å². The number of benzene rings is 3. The third-order valence-electron chi connectivity index (χ3n) is 4.95. The summed E-state index contributed by atoms with van der Waals surface area (Å²) in [5.74, 6) is -0.295. The van der Waals surface area contributed by atoms with Crippen LogP contribution in [0.2, 0.25) is 0 Å². The molecule has 0 aliphatic heterocycles. The Labute approximate surface area is 188 Å². The lowest BCUT2D eigenvalue weighted by atomic mass is 10.1. The van der Waals surface area contributed by atoms with Crippen LogP contribution in [0.15, 0.2) is 88.4 Å². The second-order valence-corrected chi connectivity index (χ2v) is 8.16. The van der Waals surface area contributed by atoms with Gasteiger partial charge in [0.25, 0.3) is 5.56 Å². The van der Waals surface area contributed by atoms with Crippen molar-refractivity contribution in [1.29, 1.82) is 0 Å². The molecule has 1 heterocycles. The summed E-state index contributed by atoms with van der Waals surface area (Å²) in [7, 11) is 0. The average Bonchev–Trinajstić information content (AvgIpc) is 2.78. The number of anilines is 2. The van der Waals surface area contributed by atoms with Gasteiger partial charge in [0.15, 0.2) is 0 Å². The number of amides is 1. The number of hydrogen-bond donors (Lipinski definition) is 2. The SMILES string of the molecule is CC(Nc1ccc(NC(=O)Cn2cnc3ccc(Br)cc3c2=O)cc1)c1ccccc1. The minimum atomic E-state index is -0.295. The van der Waals surface area contributed by atoms with E-state index in [9.17, 15) is 9.59 Å². The standard InChI is InChI=1S/C24H21BrN4O2/c1-16(17-5-3-2-4-6-17)27-19-8-10-20(11-9-19)28-23(30)14-29-15-26-22-12-7-18(25)13-21(22)24(29)31/h2-13,15-16,27H,14H2,1H3,(H,28,30). The summed E-state index contributed by atoms with van der Waals surface area (Å²) in [6, 6.07) is 23.1. The molecule has 7 heteroatoms. The Hall–Kier alpha value is -3.45. The van der Waals surface area contributed by atoms with Crippen LogP contribution in [0.25, 0.3) is 10.9 Å². The van der Waals surface area contributed by atoms with Gasteiger partial charge in [-0.25, -0.2) is 4.98 Å². The van der Waals surface area contributed by atoms with E-state index in [-0.39, 0.29) is 24.1 Å². The van der Waals surface area contributed by atoms with E-state index in [4.69, 9.17) is 0 Å². The zero-order valence-corrected chi connectivity index (χ0v) is 18.5. The summed E-state index contributed by atoms with van der Waals surface area (Å²) in [5, 5.41) is 6.73. The summed E-state index contributed by atoms with van der Waals surface area (Å²) in [6.07, 6.45) is 1.40. The number of rotatable bonds is 6. The molecule has 0 aliphatic carbocycles.